The molecule has 0 spiro atoms. The van der Waals surface area contributed by atoms with Crippen LogP contribution in [-0.4, -0.2) is 40.9 Å². The first-order valence-electron chi connectivity index (χ1n) is 7.43. The Morgan fingerprint density at radius 2 is 2.00 bits per heavy atom. The highest BCUT2D eigenvalue weighted by molar-refractivity contribution is 9.10. The second kappa shape index (κ2) is 9.99. The van der Waals surface area contributed by atoms with Gasteiger partial charge in [0, 0.05) is 30.4 Å². The molecule has 0 aliphatic heterocycles. The summed E-state index contributed by atoms with van der Waals surface area (Å²) in [6.07, 6.45) is 0.887. The molecule has 126 valence electrons. The predicted octanol–water partition coefficient (Wildman–Crippen LogP) is 2.17. The number of aliphatic carboxylic acids is 1. The molecule has 0 unspecified atom stereocenters. The first-order chi connectivity index (χ1) is 10.9. The van der Waals surface area contributed by atoms with Crippen molar-refractivity contribution in [3.63, 3.8) is 0 Å². The van der Waals surface area contributed by atoms with E-state index in [9.17, 15) is 14.4 Å². The van der Waals surface area contributed by atoms with Gasteiger partial charge >= 0.3 is 5.97 Å². The Labute approximate surface area is 144 Å². The van der Waals surface area contributed by atoms with Crippen molar-refractivity contribution in [2.75, 3.05) is 13.1 Å². The molecule has 0 radical (unpaired) electrons. The third kappa shape index (κ3) is 7.78. The normalized spacial score (nSPS) is 10.2. The highest BCUT2D eigenvalue weighted by atomic mass is 79.9. The summed E-state index contributed by atoms with van der Waals surface area (Å²) in [6, 6.07) is 7.32. The number of hydrogen-bond donors (Lipinski definition) is 2. The number of amides is 2. The SMILES string of the molecule is CCCNC(=O)CCC(=O)N(CC(=O)O)Cc1cccc(Br)c1. The molecule has 0 aliphatic rings. The van der Waals surface area contributed by atoms with E-state index in [-0.39, 0.29) is 37.7 Å². The lowest BCUT2D eigenvalue weighted by Crippen LogP contribution is -2.36. The summed E-state index contributed by atoms with van der Waals surface area (Å²) in [5, 5.41) is 11.7. The zero-order chi connectivity index (χ0) is 17.2. The van der Waals surface area contributed by atoms with Gasteiger partial charge in [0.05, 0.1) is 0 Å². The maximum atomic E-state index is 12.2. The van der Waals surface area contributed by atoms with E-state index >= 15 is 0 Å². The minimum absolute atomic E-state index is 0.00314. The number of benzene rings is 1. The summed E-state index contributed by atoms with van der Waals surface area (Å²) in [4.78, 5) is 36.0. The second-order valence-electron chi connectivity index (χ2n) is 5.12. The number of nitrogens with one attached hydrogen (secondary N) is 1. The lowest BCUT2D eigenvalue weighted by Gasteiger charge is -2.21. The first-order valence-corrected chi connectivity index (χ1v) is 8.22. The van der Waals surface area contributed by atoms with Gasteiger partial charge in [-0.1, -0.05) is 35.0 Å². The molecule has 1 aromatic rings. The van der Waals surface area contributed by atoms with E-state index in [0.717, 1.165) is 16.5 Å². The molecule has 2 amide bonds. The number of halogens is 1. The monoisotopic (exact) mass is 384 g/mol. The number of hydrogen-bond acceptors (Lipinski definition) is 3. The van der Waals surface area contributed by atoms with Crippen molar-refractivity contribution in [1.29, 1.82) is 0 Å². The third-order valence-corrected chi connectivity index (χ3v) is 3.57. The lowest BCUT2D eigenvalue weighted by molar-refractivity contribution is -0.145. The first kappa shape index (κ1) is 19.2. The van der Waals surface area contributed by atoms with Gasteiger partial charge in [-0.15, -0.1) is 0 Å². The van der Waals surface area contributed by atoms with Crippen LogP contribution in [0, 0.1) is 0 Å². The molecule has 0 heterocycles. The number of nitrogens with zero attached hydrogens (tertiary/aromatic N) is 1. The Balaban J connectivity index is 2.63. The van der Waals surface area contributed by atoms with Gasteiger partial charge in [-0.25, -0.2) is 0 Å². The lowest BCUT2D eigenvalue weighted by atomic mass is 10.2. The fraction of sp³-hybridized carbons (Fsp3) is 0.438. The molecule has 0 saturated carbocycles. The maximum absolute atomic E-state index is 12.2. The fourth-order valence-corrected chi connectivity index (χ4v) is 2.43. The molecule has 7 heteroatoms. The van der Waals surface area contributed by atoms with Crippen LogP contribution < -0.4 is 5.32 Å². The van der Waals surface area contributed by atoms with Gasteiger partial charge < -0.3 is 15.3 Å². The van der Waals surface area contributed by atoms with E-state index in [2.05, 4.69) is 21.2 Å². The Morgan fingerprint density at radius 1 is 1.26 bits per heavy atom. The quantitative estimate of drug-likeness (QED) is 0.682. The molecular formula is C16H21BrN2O4. The van der Waals surface area contributed by atoms with Crippen LogP contribution in [0.4, 0.5) is 0 Å². The smallest absolute Gasteiger partial charge is 0.323 e. The minimum Gasteiger partial charge on any atom is -0.480 e. The summed E-state index contributed by atoms with van der Waals surface area (Å²) in [7, 11) is 0. The molecule has 0 atom stereocenters. The van der Waals surface area contributed by atoms with Gasteiger partial charge in [0.2, 0.25) is 11.8 Å². The molecule has 0 aliphatic carbocycles. The minimum atomic E-state index is -1.08. The van der Waals surface area contributed by atoms with Crippen molar-refractivity contribution in [3.8, 4) is 0 Å². The van der Waals surface area contributed by atoms with E-state index in [1.54, 1.807) is 0 Å². The summed E-state index contributed by atoms with van der Waals surface area (Å²) in [5.74, 6) is -1.62. The average molecular weight is 385 g/mol. The summed E-state index contributed by atoms with van der Waals surface area (Å²) in [6.45, 7) is 2.32. The topological polar surface area (TPSA) is 86.7 Å². The molecule has 1 rings (SSSR count). The van der Waals surface area contributed by atoms with E-state index in [1.165, 1.54) is 4.90 Å². The van der Waals surface area contributed by atoms with Crippen molar-refractivity contribution >= 4 is 33.7 Å². The van der Waals surface area contributed by atoms with E-state index in [4.69, 9.17) is 5.11 Å². The standard InChI is InChI=1S/C16H21BrN2O4/c1-2-8-18-14(20)6-7-15(21)19(11-16(22)23)10-12-4-3-5-13(17)9-12/h3-5,9H,2,6-8,10-11H2,1H3,(H,18,20)(H,22,23). The van der Waals surface area contributed by atoms with Crippen molar-refractivity contribution in [1.82, 2.24) is 10.2 Å². The van der Waals surface area contributed by atoms with Gasteiger partial charge in [-0.2, -0.15) is 0 Å². The van der Waals surface area contributed by atoms with Crippen LogP contribution in [0.25, 0.3) is 0 Å². The van der Waals surface area contributed by atoms with E-state index in [0.29, 0.717) is 6.54 Å². The Hall–Kier alpha value is -1.89. The molecule has 0 fully saturated rings. The Bertz CT molecular complexity index is 563. The van der Waals surface area contributed by atoms with Crippen LogP contribution >= 0.6 is 15.9 Å². The third-order valence-electron chi connectivity index (χ3n) is 3.08. The van der Waals surface area contributed by atoms with E-state index < -0.39 is 5.97 Å². The predicted molar refractivity (Wildman–Crippen MR) is 89.7 cm³/mol. The number of carbonyl (C=O) groups excluding carboxylic acids is 2. The molecule has 6 nitrogen and oxygen atoms in total. The van der Waals surface area contributed by atoms with Crippen LogP contribution in [0.2, 0.25) is 0 Å². The van der Waals surface area contributed by atoms with Crippen LogP contribution in [0.3, 0.4) is 0 Å². The molecule has 2 N–H and O–H groups in total. The van der Waals surface area contributed by atoms with Gasteiger partial charge in [-0.3, -0.25) is 14.4 Å². The average Bonchev–Trinajstić information content (AvgIpc) is 2.49. The molecule has 0 saturated heterocycles. The van der Waals surface area contributed by atoms with Crippen molar-refractivity contribution < 1.29 is 19.5 Å². The zero-order valence-electron chi connectivity index (χ0n) is 13.0. The van der Waals surface area contributed by atoms with Gasteiger partial charge in [0.15, 0.2) is 0 Å². The largest absolute Gasteiger partial charge is 0.480 e. The van der Waals surface area contributed by atoms with Crippen LogP contribution in [0.5, 0.6) is 0 Å². The number of rotatable bonds is 9. The van der Waals surface area contributed by atoms with E-state index in [1.807, 2.05) is 31.2 Å². The number of carbonyl (C=O) groups is 3. The molecular weight excluding hydrogens is 364 g/mol. The summed E-state index contributed by atoms with van der Waals surface area (Å²) in [5.41, 5.74) is 0.824. The summed E-state index contributed by atoms with van der Waals surface area (Å²) >= 11 is 3.34. The van der Waals surface area contributed by atoms with Crippen LogP contribution in [-0.2, 0) is 20.9 Å². The Morgan fingerprint density at radius 3 is 2.61 bits per heavy atom. The van der Waals surface area contributed by atoms with Crippen LogP contribution in [0.15, 0.2) is 28.7 Å². The van der Waals surface area contributed by atoms with Crippen LogP contribution in [0.1, 0.15) is 31.7 Å². The highest BCUT2D eigenvalue weighted by Crippen LogP contribution is 2.14. The van der Waals surface area contributed by atoms with Gasteiger partial charge in [-0.05, 0) is 24.1 Å². The Kier molecular flexibility index (Phi) is 8.32. The number of carboxylic acid groups (broad SMARTS) is 1. The summed E-state index contributed by atoms with van der Waals surface area (Å²) < 4.78 is 0.858. The number of carboxylic acids is 1. The molecule has 0 bridgehead atoms. The van der Waals surface area contributed by atoms with Gasteiger partial charge in [0.1, 0.15) is 6.54 Å². The van der Waals surface area contributed by atoms with Crippen molar-refractivity contribution in [2.45, 2.75) is 32.7 Å². The fourth-order valence-electron chi connectivity index (χ4n) is 1.98. The van der Waals surface area contributed by atoms with Crippen molar-refractivity contribution in [2.24, 2.45) is 0 Å². The maximum Gasteiger partial charge on any atom is 0.323 e. The second-order valence-corrected chi connectivity index (χ2v) is 6.04. The van der Waals surface area contributed by atoms with Crippen molar-refractivity contribution in [3.05, 3.63) is 34.3 Å². The highest BCUT2D eigenvalue weighted by Gasteiger charge is 2.18. The molecule has 1 aromatic carbocycles. The van der Waals surface area contributed by atoms with Gasteiger partial charge in [0.25, 0.3) is 0 Å². The molecule has 0 aromatic heterocycles. The molecule has 23 heavy (non-hydrogen) atoms. The zero-order valence-corrected chi connectivity index (χ0v) is 14.6.